The highest BCUT2D eigenvalue weighted by atomic mass is 35.5. The van der Waals surface area contributed by atoms with Gasteiger partial charge in [0.15, 0.2) is 0 Å². The average Bonchev–Trinajstić information content (AvgIpc) is 3.23. The second-order valence-corrected chi connectivity index (χ2v) is 8.28. The van der Waals surface area contributed by atoms with Crippen molar-refractivity contribution in [2.24, 2.45) is 5.10 Å². The van der Waals surface area contributed by atoms with Gasteiger partial charge in [-0.05, 0) is 37.6 Å². The van der Waals surface area contributed by atoms with Gasteiger partial charge in [-0.25, -0.2) is 9.99 Å². The van der Waals surface area contributed by atoms with Crippen LogP contribution in [0.2, 0.25) is 5.15 Å². The molecule has 1 unspecified atom stereocenters. The van der Waals surface area contributed by atoms with Gasteiger partial charge in [0.05, 0.1) is 30.3 Å². The number of benzene rings is 2. The fraction of sp³-hybridized carbons (Fsp3) is 0.280. The highest BCUT2D eigenvalue weighted by Gasteiger charge is 2.35. The van der Waals surface area contributed by atoms with Crippen molar-refractivity contribution in [1.82, 2.24) is 9.99 Å². The molecule has 3 aromatic rings. The zero-order valence-corrected chi connectivity index (χ0v) is 19.2. The Bertz CT molecular complexity index is 1240. The number of carboxylic acid groups (broad SMARTS) is 1. The van der Waals surface area contributed by atoms with Crippen LogP contribution >= 0.6 is 11.6 Å². The van der Waals surface area contributed by atoms with Crippen molar-refractivity contribution in [3.05, 3.63) is 70.4 Å². The maximum absolute atomic E-state index is 12.9. The van der Waals surface area contributed by atoms with Gasteiger partial charge in [-0.2, -0.15) is 5.10 Å². The van der Waals surface area contributed by atoms with Crippen LogP contribution in [0.25, 0.3) is 10.9 Å². The number of hydrogen-bond donors (Lipinski definition) is 1. The van der Waals surface area contributed by atoms with Gasteiger partial charge in [0.1, 0.15) is 10.9 Å². The van der Waals surface area contributed by atoms with E-state index >= 15 is 0 Å². The van der Waals surface area contributed by atoms with Crippen molar-refractivity contribution >= 4 is 40.1 Å². The quantitative estimate of drug-likeness (QED) is 0.488. The molecule has 1 N–H and O–H groups in total. The van der Waals surface area contributed by atoms with E-state index in [4.69, 9.17) is 21.4 Å². The average molecular weight is 466 g/mol. The molecule has 0 bridgehead atoms. The minimum atomic E-state index is -1.03. The summed E-state index contributed by atoms with van der Waals surface area (Å²) in [4.78, 5) is 28.5. The lowest BCUT2D eigenvalue weighted by Crippen LogP contribution is -2.27. The number of hydrazone groups is 1. The number of carboxylic acids is 1. The third-order valence-corrected chi connectivity index (χ3v) is 5.85. The number of fused-ring (bicyclic) bond motifs is 1. The zero-order chi connectivity index (χ0) is 23.5. The molecular formula is C25H24ClN3O4. The van der Waals surface area contributed by atoms with Crippen LogP contribution in [-0.2, 0) is 9.59 Å². The Labute approximate surface area is 196 Å². The SMILES string of the molecule is CCOc1ccc2cc(C3CC(c4ccc(C)cc4)=NN3C(=O)CCC(=O)O)c(Cl)nc2c1. The summed E-state index contributed by atoms with van der Waals surface area (Å²) in [6.45, 7) is 4.46. The Morgan fingerprint density at radius 2 is 1.91 bits per heavy atom. The third-order valence-electron chi connectivity index (χ3n) is 5.54. The number of aryl methyl sites for hydroxylation is 1. The molecular weight excluding hydrogens is 442 g/mol. The molecule has 0 fully saturated rings. The summed E-state index contributed by atoms with van der Waals surface area (Å²) in [5, 5.41) is 16.1. The lowest BCUT2D eigenvalue weighted by atomic mass is 9.97. The second kappa shape index (κ2) is 9.58. The van der Waals surface area contributed by atoms with Gasteiger partial charge in [-0.3, -0.25) is 9.59 Å². The van der Waals surface area contributed by atoms with E-state index in [-0.39, 0.29) is 23.9 Å². The first-order valence-electron chi connectivity index (χ1n) is 10.8. The number of pyridine rings is 1. The third kappa shape index (κ3) is 4.98. The number of rotatable bonds is 7. The summed E-state index contributed by atoms with van der Waals surface area (Å²) in [6, 6.07) is 14.9. The van der Waals surface area contributed by atoms with Crippen molar-refractivity contribution in [1.29, 1.82) is 0 Å². The van der Waals surface area contributed by atoms with Gasteiger partial charge in [0, 0.05) is 29.9 Å². The molecule has 1 aliphatic heterocycles. The number of hydrogen-bond acceptors (Lipinski definition) is 5. The van der Waals surface area contributed by atoms with E-state index in [0.29, 0.717) is 29.9 Å². The number of ether oxygens (including phenoxy) is 1. The minimum absolute atomic E-state index is 0.146. The molecule has 0 saturated carbocycles. The monoisotopic (exact) mass is 465 g/mol. The molecule has 0 radical (unpaired) electrons. The van der Waals surface area contributed by atoms with E-state index in [1.54, 1.807) is 0 Å². The lowest BCUT2D eigenvalue weighted by molar-refractivity contribution is -0.141. The van der Waals surface area contributed by atoms with Crippen LogP contribution in [0.1, 0.15) is 48.9 Å². The fourth-order valence-electron chi connectivity index (χ4n) is 3.86. The number of nitrogens with zero attached hydrogens (tertiary/aromatic N) is 3. The Morgan fingerprint density at radius 3 is 2.61 bits per heavy atom. The molecule has 1 aliphatic rings. The van der Waals surface area contributed by atoms with Crippen LogP contribution in [0.3, 0.4) is 0 Å². The van der Waals surface area contributed by atoms with Gasteiger partial charge in [0.25, 0.3) is 0 Å². The highest BCUT2D eigenvalue weighted by molar-refractivity contribution is 6.30. The Hall–Kier alpha value is -3.45. The Morgan fingerprint density at radius 1 is 1.15 bits per heavy atom. The first kappa shape index (κ1) is 22.7. The van der Waals surface area contributed by atoms with E-state index in [0.717, 1.165) is 22.2 Å². The van der Waals surface area contributed by atoms with Gasteiger partial charge >= 0.3 is 5.97 Å². The molecule has 0 saturated heterocycles. The minimum Gasteiger partial charge on any atom is -0.494 e. The number of aromatic nitrogens is 1. The molecule has 2 aromatic carbocycles. The van der Waals surface area contributed by atoms with E-state index < -0.39 is 12.0 Å². The number of carbonyl (C=O) groups is 2. The van der Waals surface area contributed by atoms with Gasteiger partial charge in [-0.15, -0.1) is 0 Å². The number of aliphatic carboxylic acids is 1. The van der Waals surface area contributed by atoms with Crippen molar-refractivity contribution in [3.8, 4) is 5.75 Å². The van der Waals surface area contributed by atoms with Crippen LogP contribution in [-0.4, -0.2) is 39.3 Å². The lowest BCUT2D eigenvalue weighted by Gasteiger charge is -2.23. The zero-order valence-electron chi connectivity index (χ0n) is 18.4. The molecule has 1 aromatic heterocycles. The largest absolute Gasteiger partial charge is 0.494 e. The van der Waals surface area contributed by atoms with E-state index in [2.05, 4.69) is 10.1 Å². The first-order valence-corrected chi connectivity index (χ1v) is 11.1. The maximum atomic E-state index is 12.9. The molecule has 1 atom stereocenters. The summed E-state index contributed by atoms with van der Waals surface area (Å²) in [6.07, 6.45) is 0.0417. The van der Waals surface area contributed by atoms with E-state index in [1.807, 2.05) is 62.4 Å². The summed E-state index contributed by atoms with van der Waals surface area (Å²) < 4.78 is 5.55. The van der Waals surface area contributed by atoms with E-state index in [1.165, 1.54) is 5.01 Å². The molecule has 170 valence electrons. The summed E-state index contributed by atoms with van der Waals surface area (Å²) in [7, 11) is 0. The predicted octanol–water partition coefficient (Wildman–Crippen LogP) is 5.14. The van der Waals surface area contributed by atoms with E-state index in [9.17, 15) is 9.59 Å². The van der Waals surface area contributed by atoms with Crippen LogP contribution in [0.4, 0.5) is 0 Å². The maximum Gasteiger partial charge on any atom is 0.303 e. The van der Waals surface area contributed by atoms with Crippen LogP contribution in [0, 0.1) is 6.92 Å². The van der Waals surface area contributed by atoms with Crippen LogP contribution < -0.4 is 4.74 Å². The fourth-order valence-corrected chi connectivity index (χ4v) is 4.13. The number of halogens is 1. The molecule has 33 heavy (non-hydrogen) atoms. The van der Waals surface area contributed by atoms with Gasteiger partial charge in [-0.1, -0.05) is 41.4 Å². The topological polar surface area (TPSA) is 92.1 Å². The summed E-state index contributed by atoms with van der Waals surface area (Å²) in [5.41, 5.74) is 4.13. The van der Waals surface area contributed by atoms with Gasteiger partial charge in [0.2, 0.25) is 5.91 Å². The standard InChI is InChI=1S/C25H24ClN3O4/c1-3-33-18-9-8-17-12-19(25(26)27-20(17)13-18)22-14-21(16-6-4-15(2)5-7-16)28-29(22)23(30)10-11-24(31)32/h4-9,12-13,22H,3,10-11,14H2,1-2H3,(H,31,32). The summed E-state index contributed by atoms with van der Waals surface area (Å²) >= 11 is 6.59. The van der Waals surface area contributed by atoms with Crippen molar-refractivity contribution in [2.45, 2.75) is 39.2 Å². The smallest absolute Gasteiger partial charge is 0.303 e. The Balaban J connectivity index is 1.71. The van der Waals surface area contributed by atoms with Gasteiger partial charge < -0.3 is 9.84 Å². The van der Waals surface area contributed by atoms with Crippen LogP contribution in [0.15, 0.2) is 53.6 Å². The molecule has 4 rings (SSSR count). The summed E-state index contributed by atoms with van der Waals surface area (Å²) in [5.74, 6) is -0.692. The molecule has 0 spiro atoms. The van der Waals surface area contributed by atoms with Crippen molar-refractivity contribution < 1.29 is 19.4 Å². The molecule has 1 amide bonds. The second-order valence-electron chi connectivity index (χ2n) is 7.92. The van der Waals surface area contributed by atoms with Crippen molar-refractivity contribution in [3.63, 3.8) is 0 Å². The Kier molecular flexibility index (Phi) is 6.60. The molecule has 2 heterocycles. The predicted molar refractivity (Wildman–Crippen MR) is 127 cm³/mol. The highest BCUT2D eigenvalue weighted by Crippen LogP contribution is 2.38. The first-order chi connectivity index (χ1) is 15.9. The van der Waals surface area contributed by atoms with Crippen LogP contribution in [0.5, 0.6) is 5.75 Å². The number of amides is 1. The number of carbonyl (C=O) groups excluding carboxylic acids is 1. The normalized spacial score (nSPS) is 15.5. The molecule has 7 nitrogen and oxygen atoms in total. The molecule has 0 aliphatic carbocycles. The van der Waals surface area contributed by atoms with Crippen molar-refractivity contribution in [2.75, 3.05) is 6.61 Å². The molecule has 8 heteroatoms.